The number of rotatable bonds is 9. The largest absolute Gasteiger partial charge is 0.354 e. The summed E-state index contributed by atoms with van der Waals surface area (Å²) in [6.45, 7) is 6.70. The second kappa shape index (κ2) is 11.0. The minimum absolute atomic E-state index is 0.159. The molecule has 2 aromatic rings. The molecule has 0 aromatic heterocycles. The quantitative estimate of drug-likeness (QED) is 0.646. The predicted molar refractivity (Wildman–Crippen MR) is 114 cm³/mol. The van der Waals surface area contributed by atoms with E-state index in [1.165, 1.54) is 12.1 Å². The molecule has 1 atom stereocenters. The van der Waals surface area contributed by atoms with Crippen LogP contribution in [0.15, 0.2) is 48.5 Å². The molecule has 0 spiro atoms. The third-order valence-electron chi connectivity index (χ3n) is 4.61. The van der Waals surface area contributed by atoms with Crippen molar-refractivity contribution in [1.82, 2.24) is 10.2 Å². The molecule has 0 aliphatic heterocycles. The fraction of sp³-hybridized carbons (Fsp3) is 0.391. The third-order valence-corrected chi connectivity index (χ3v) is 4.86. The summed E-state index contributed by atoms with van der Waals surface area (Å²) in [4.78, 5) is 27.5. The maximum atomic E-state index is 13.3. The highest BCUT2D eigenvalue weighted by molar-refractivity contribution is 6.30. The first kappa shape index (κ1) is 22.9. The average molecular weight is 419 g/mol. The van der Waals surface area contributed by atoms with Crippen LogP contribution in [0.1, 0.15) is 38.3 Å². The van der Waals surface area contributed by atoms with Crippen LogP contribution < -0.4 is 5.32 Å². The highest BCUT2D eigenvalue weighted by Crippen LogP contribution is 2.16. The number of halogens is 2. The minimum atomic E-state index is -0.599. The van der Waals surface area contributed by atoms with E-state index in [4.69, 9.17) is 11.6 Å². The molecule has 6 heteroatoms. The summed E-state index contributed by atoms with van der Waals surface area (Å²) in [5.41, 5.74) is 1.59. The molecule has 2 amide bonds. The van der Waals surface area contributed by atoms with Crippen molar-refractivity contribution < 1.29 is 14.0 Å². The molecule has 0 aliphatic rings. The van der Waals surface area contributed by atoms with Crippen molar-refractivity contribution in [3.8, 4) is 0 Å². The molecule has 1 N–H and O–H groups in total. The van der Waals surface area contributed by atoms with Crippen LogP contribution in [0.5, 0.6) is 0 Å². The van der Waals surface area contributed by atoms with Gasteiger partial charge in [0.15, 0.2) is 0 Å². The van der Waals surface area contributed by atoms with Gasteiger partial charge in [-0.2, -0.15) is 0 Å². The molecule has 0 saturated carbocycles. The smallest absolute Gasteiger partial charge is 0.242 e. The Hall–Kier alpha value is -2.40. The Morgan fingerprint density at radius 2 is 1.62 bits per heavy atom. The van der Waals surface area contributed by atoms with Gasteiger partial charge >= 0.3 is 0 Å². The molecule has 156 valence electrons. The summed E-state index contributed by atoms with van der Waals surface area (Å²) in [7, 11) is 0. The normalized spacial score (nSPS) is 11.9. The van der Waals surface area contributed by atoms with Crippen molar-refractivity contribution in [2.24, 2.45) is 5.92 Å². The monoisotopic (exact) mass is 418 g/mol. The number of nitrogens with one attached hydrogen (secondary N) is 1. The molecule has 0 aliphatic carbocycles. The maximum absolute atomic E-state index is 13.3. The van der Waals surface area contributed by atoms with Gasteiger partial charge < -0.3 is 10.2 Å². The van der Waals surface area contributed by atoms with Gasteiger partial charge in [0.05, 0.1) is 6.42 Å². The predicted octanol–water partition coefficient (Wildman–Crippen LogP) is 4.60. The maximum Gasteiger partial charge on any atom is 0.242 e. The Morgan fingerprint density at radius 3 is 2.17 bits per heavy atom. The van der Waals surface area contributed by atoms with Gasteiger partial charge in [0.25, 0.3) is 0 Å². The third kappa shape index (κ3) is 7.17. The van der Waals surface area contributed by atoms with Crippen LogP contribution in [0.2, 0.25) is 5.02 Å². The SMILES string of the molecule is CCC(C(=O)NCC(C)C)N(Cc1ccc(F)cc1)C(=O)Cc1ccc(Cl)cc1. The summed E-state index contributed by atoms with van der Waals surface area (Å²) in [6, 6.07) is 12.5. The first-order chi connectivity index (χ1) is 13.8. The van der Waals surface area contributed by atoms with Gasteiger partial charge in [-0.1, -0.05) is 56.6 Å². The van der Waals surface area contributed by atoms with E-state index in [0.717, 1.165) is 11.1 Å². The molecule has 2 rings (SSSR count). The first-order valence-electron chi connectivity index (χ1n) is 9.86. The number of carbonyl (C=O) groups is 2. The molecule has 4 nitrogen and oxygen atoms in total. The lowest BCUT2D eigenvalue weighted by atomic mass is 10.1. The number of hydrogen-bond acceptors (Lipinski definition) is 2. The summed E-state index contributed by atoms with van der Waals surface area (Å²) < 4.78 is 13.3. The van der Waals surface area contributed by atoms with Gasteiger partial charge in [-0.05, 0) is 47.7 Å². The van der Waals surface area contributed by atoms with Crippen LogP contribution >= 0.6 is 11.6 Å². The fourth-order valence-corrected chi connectivity index (χ4v) is 3.13. The van der Waals surface area contributed by atoms with Gasteiger partial charge in [-0.15, -0.1) is 0 Å². The lowest BCUT2D eigenvalue weighted by Gasteiger charge is -2.31. The van der Waals surface area contributed by atoms with Crippen molar-refractivity contribution >= 4 is 23.4 Å². The Bertz CT molecular complexity index is 807. The van der Waals surface area contributed by atoms with Crippen LogP contribution in [-0.2, 0) is 22.6 Å². The highest BCUT2D eigenvalue weighted by Gasteiger charge is 2.28. The molecular weight excluding hydrogens is 391 g/mol. The number of nitrogens with zero attached hydrogens (tertiary/aromatic N) is 1. The van der Waals surface area contributed by atoms with E-state index in [9.17, 15) is 14.0 Å². The van der Waals surface area contributed by atoms with E-state index in [1.54, 1.807) is 41.3 Å². The molecule has 29 heavy (non-hydrogen) atoms. The standard InChI is InChI=1S/C23H28ClFN2O2/c1-4-21(23(29)26-14-16(2)3)27(15-18-7-11-20(25)12-8-18)22(28)13-17-5-9-19(24)10-6-17/h5-12,16,21H,4,13-15H2,1-3H3,(H,26,29). The van der Waals surface area contributed by atoms with Crippen LogP contribution in [-0.4, -0.2) is 29.3 Å². The molecule has 2 aromatic carbocycles. The van der Waals surface area contributed by atoms with Crippen LogP contribution in [0.3, 0.4) is 0 Å². The average Bonchev–Trinajstić information content (AvgIpc) is 2.69. The van der Waals surface area contributed by atoms with E-state index in [-0.39, 0.29) is 30.6 Å². The zero-order valence-electron chi connectivity index (χ0n) is 17.1. The highest BCUT2D eigenvalue weighted by atomic mass is 35.5. The summed E-state index contributed by atoms with van der Waals surface area (Å²) in [5, 5.41) is 3.53. The lowest BCUT2D eigenvalue weighted by Crippen LogP contribution is -2.50. The van der Waals surface area contributed by atoms with Gasteiger partial charge in [-0.3, -0.25) is 9.59 Å². The topological polar surface area (TPSA) is 49.4 Å². The number of hydrogen-bond donors (Lipinski definition) is 1. The van der Waals surface area contributed by atoms with Gasteiger partial charge in [0, 0.05) is 18.1 Å². The van der Waals surface area contributed by atoms with Crippen molar-refractivity contribution in [2.45, 2.75) is 46.2 Å². The Balaban J connectivity index is 2.24. The van der Waals surface area contributed by atoms with Crippen molar-refractivity contribution in [2.75, 3.05) is 6.54 Å². The summed E-state index contributed by atoms with van der Waals surface area (Å²) in [6.07, 6.45) is 0.643. The van der Waals surface area contributed by atoms with Crippen molar-refractivity contribution in [3.05, 3.63) is 70.5 Å². The van der Waals surface area contributed by atoms with Crippen molar-refractivity contribution in [3.63, 3.8) is 0 Å². The molecule has 0 bridgehead atoms. The zero-order valence-corrected chi connectivity index (χ0v) is 17.9. The number of carbonyl (C=O) groups excluding carboxylic acids is 2. The van der Waals surface area contributed by atoms with E-state index in [0.29, 0.717) is 23.9 Å². The van der Waals surface area contributed by atoms with Crippen molar-refractivity contribution in [1.29, 1.82) is 0 Å². The van der Waals surface area contributed by atoms with Crippen LogP contribution in [0.25, 0.3) is 0 Å². The molecule has 0 fully saturated rings. The fourth-order valence-electron chi connectivity index (χ4n) is 3.01. The number of amides is 2. The van der Waals surface area contributed by atoms with E-state index >= 15 is 0 Å². The molecular formula is C23H28ClFN2O2. The Labute approximate surface area is 177 Å². The molecule has 0 heterocycles. The zero-order chi connectivity index (χ0) is 21.4. The summed E-state index contributed by atoms with van der Waals surface area (Å²) >= 11 is 5.93. The van der Waals surface area contributed by atoms with E-state index < -0.39 is 6.04 Å². The van der Waals surface area contributed by atoms with E-state index in [2.05, 4.69) is 5.32 Å². The number of benzene rings is 2. The summed E-state index contributed by atoms with van der Waals surface area (Å²) in [5.74, 6) is -0.364. The molecule has 1 unspecified atom stereocenters. The Kier molecular flexibility index (Phi) is 8.65. The van der Waals surface area contributed by atoms with Crippen LogP contribution in [0.4, 0.5) is 4.39 Å². The minimum Gasteiger partial charge on any atom is -0.354 e. The lowest BCUT2D eigenvalue weighted by molar-refractivity contribution is -0.141. The van der Waals surface area contributed by atoms with E-state index in [1.807, 2.05) is 20.8 Å². The van der Waals surface area contributed by atoms with Gasteiger partial charge in [0.1, 0.15) is 11.9 Å². The molecule has 0 radical (unpaired) electrons. The second-order valence-corrected chi connectivity index (χ2v) is 7.95. The second-order valence-electron chi connectivity index (χ2n) is 7.51. The molecule has 0 saturated heterocycles. The van der Waals surface area contributed by atoms with Crippen LogP contribution in [0, 0.1) is 11.7 Å². The Morgan fingerprint density at radius 1 is 1.03 bits per heavy atom. The van der Waals surface area contributed by atoms with Gasteiger partial charge in [-0.25, -0.2) is 4.39 Å². The first-order valence-corrected chi connectivity index (χ1v) is 10.2. The van der Waals surface area contributed by atoms with Gasteiger partial charge in [0.2, 0.25) is 11.8 Å².